The van der Waals surface area contributed by atoms with Gasteiger partial charge in [-0.3, -0.25) is 4.57 Å². The smallest absolute Gasteiger partial charge is 0.338 e. The number of nitrogens with zero attached hydrogens (tertiary/aromatic N) is 5. The van der Waals surface area contributed by atoms with E-state index in [9.17, 15) is 4.79 Å². The van der Waals surface area contributed by atoms with Crippen LogP contribution in [-0.2, 0) is 13.1 Å². The van der Waals surface area contributed by atoms with Crippen molar-refractivity contribution in [2.24, 2.45) is 11.5 Å². The summed E-state index contributed by atoms with van der Waals surface area (Å²) in [5, 5.41) is 0. The van der Waals surface area contributed by atoms with Crippen LogP contribution in [0.1, 0.15) is 24.0 Å². The van der Waals surface area contributed by atoms with Gasteiger partial charge in [-0.2, -0.15) is 4.98 Å². The Morgan fingerprint density at radius 3 is 2.81 bits per heavy atom. The lowest BCUT2D eigenvalue weighted by atomic mass is 10.1. The highest BCUT2D eigenvalue weighted by Crippen LogP contribution is 2.19. The molecule has 4 rings (SSSR count). The van der Waals surface area contributed by atoms with Gasteiger partial charge in [0.25, 0.3) is 0 Å². The van der Waals surface area contributed by atoms with Crippen molar-refractivity contribution in [1.82, 2.24) is 18.9 Å². The van der Waals surface area contributed by atoms with Crippen LogP contribution in [0.3, 0.4) is 0 Å². The monoisotopic (exact) mass is 353 g/mol. The van der Waals surface area contributed by atoms with Crippen LogP contribution in [0.4, 0.5) is 5.95 Å². The molecule has 3 heterocycles. The van der Waals surface area contributed by atoms with Crippen LogP contribution in [0, 0.1) is 0 Å². The lowest BCUT2D eigenvalue weighted by Gasteiger charge is -2.32. The van der Waals surface area contributed by atoms with Crippen LogP contribution in [0.5, 0.6) is 0 Å². The maximum absolute atomic E-state index is 13.1. The van der Waals surface area contributed by atoms with Crippen molar-refractivity contribution in [3.63, 3.8) is 0 Å². The number of imidazole rings is 1. The molecule has 3 aromatic rings. The molecule has 0 aliphatic carbocycles. The minimum atomic E-state index is -0.159. The summed E-state index contributed by atoms with van der Waals surface area (Å²) in [7, 11) is 0. The van der Waals surface area contributed by atoms with Gasteiger partial charge in [-0.1, -0.05) is 24.3 Å². The highest BCUT2D eigenvalue weighted by Gasteiger charge is 2.23. The minimum absolute atomic E-state index is 0.0846. The van der Waals surface area contributed by atoms with Crippen molar-refractivity contribution in [3.8, 4) is 0 Å². The van der Waals surface area contributed by atoms with Crippen molar-refractivity contribution in [2.45, 2.75) is 32.0 Å². The van der Waals surface area contributed by atoms with Gasteiger partial charge in [0.15, 0.2) is 0 Å². The first-order valence-electron chi connectivity index (χ1n) is 8.88. The predicted octanol–water partition coefficient (Wildman–Crippen LogP) is 0.326. The normalized spacial score (nSPS) is 17.8. The van der Waals surface area contributed by atoms with Crippen LogP contribution in [0.15, 0.2) is 41.5 Å². The Morgan fingerprint density at radius 2 is 2.04 bits per heavy atom. The fourth-order valence-electron chi connectivity index (χ4n) is 3.55. The first kappa shape index (κ1) is 16.7. The molecule has 1 unspecified atom stereocenters. The zero-order valence-electron chi connectivity index (χ0n) is 14.6. The standard InChI is InChI=1S/C18H23N7O/c19-10-13-4-1-2-5-14(13)11-25-17(23-8-3-6-15(20)12-23)22-16-21-7-9-24(16)18(25)26/h1-2,4-5,7,9,15H,3,6,8,10-12,19-20H2. The van der Waals surface area contributed by atoms with Gasteiger partial charge in [0.2, 0.25) is 11.7 Å². The second-order valence-corrected chi connectivity index (χ2v) is 6.70. The van der Waals surface area contributed by atoms with Crippen molar-refractivity contribution >= 4 is 11.7 Å². The van der Waals surface area contributed by atoms with Crippen molar-refractivity contribution in [2.75, 3.05) is 18.0 Å². The second kappa shape index (κ2) is 6.89. The number of nitrogens with two attached hydrogens (primary N) is 2. The largest absolute Gasteiger partial charge is 0.340 e. The number of aromatic nitrogens is 4. The summed E-state index contributed by atoms with van der Waals surface area (Å²) in [6, 6.07) is 7.98. The van der Waals surface area contributed by atoms with Crippen LogP contribution in [-0.4, -0.2) is 38.1 Å². The van der Waals surface area contributed by atoms with E-state index in [-0.39, 0.29) is 11.7 Å². The van der Waals surface area contributed by atoms with E-state index < -0.39 is 0 Å². The summed E-state index contributed by atoms with van der Waals surface area (Å²) >= 11 is 0. The molecule has 0 saturated carbocycles. The Bertz CT molecular complexity index is 977. The molecular formula is C18H23N7O. The average Bonchev–Trinajstić information content (AvgIpc) is 3.13. The van der Waals surface area contributed by atoms with Gasteiger partial charge >= 0.3 is 5.69 Å². The number of hydrogen-bond acceptors (Lipinski definition) is 6. The lowest BCUT2D eigenvalue weighted by molar-refractivity contribution is 0.489. The third-order valence-corrected chi connectivity index (χ3v) is 4.91. The SMILES string of the molecule is NCc1ccccc1Cn1c(N2CCCC(N)C2)nc2nccn2c1=O. The van der Waals surface area contributed by atoms with E-state index in [1.165, 1.54) is 4.40 Å². The zero-order valence-corrected chi connectivity index (χ0v) is 14.6. The molecule has 0 radical (unpaired) electrons. The molecule has 8 heteroatoms. The number of piperidine rings is 1. The fraction of sp³-hybridized carbons (Fsp3) is 0.389. The second-order valence-electron chi connectivity index (χ2n) is 6.70. The third-order valence-electron chi connectivity index (χ3n) is 4.91. The van der Waals surface area contributed by atoms with Gasteiger partial charge in [0.05, 0.1) is 6.54 Å². The quantitative estimate of drug-likeness (QED) is 0.700. The van der Waals surface area contributed by atoms with Gasteiger partial charge in [0.1, 0.15) is 0 Å². The Morgan fingerprint density at radius 1 is 1.23 bits per heavy atom. The van der Waals surface area contributed by atoms with E-state index in [4.69, 9.17) is 11.5 Å². The zero-order chi connectivity index (χ0) is 18.1. The summed E-state index contributed by atoms with van der Waals surface area (Å²) in [6.07, 6.45) is 5.20. The van der Waals surface area contributed by atoms with E-state index in [2.05, 4.69) is 14.9 Å². The Hall–Kier alpha value is -2.71. The number of anilines is 1. The predicted molar refractivity (Wildman–Crippen MR) is 100 cm³/mol. The molecule has 1 aliphatic heterocycles. The molecule has 0 amide bonds. The molecule has 1 fully saturated rings. The van der Waals surface area contributed by atoms with Crippen LogP contribution in [0.2, 0.25) is 0 Å². The van der Waals surface area contributed by atoms with Gasteiger partial charge < -0.3 is 16.4 Å². The lowest BCUT2D eigenvalue weighted by Crippen LogP contribution is -2.46. The minimum Gasteiger partial charge on any atom is -0.340 e. The number of hydrogen-bond donors (Lipinski definition) is 2. The Kier molecular flexibility index (Phi) is 4.44. The highest BCUT2D eigenvalue weighted by atomic mass is 16.1. The number of rotatable bonds is 4. The maximum atomic E-state index is 13.1. The molecule has 1 aromatic carbocycles. The van der Waals surface area contributed by atoms with E-state index in [0.29, 0.717) is 31.4 Å². The molecule has 0 spiro atoms. The topological polar surface area (TPSA) is 107 Å². The Balaban J connectivity index is 1.84. The molecule has 2 aromatic heterocycles. The third kappa shape index (κ3) is 2.97. The van der Waals surface area contributed by atoms with Gasteiger partial charge in [0, 0.05) is 38.1 Å². The average molecular weight is 353 g/mol. The Labute approximate surface area is 151 Å². The van der Waals surface area contributed by atoms with E-state index in [1.54, 1.807) is 17.0 Å². The van der Waals surface area contributed by atoms with Gasteiger partial charge in [-0.15, -0.1) is 0 Å². The highest BCUT2D eigenvalue weighted by molar-refractivity contribution is 5.41. The maximum Gasteiger partial charge on any atom is 0.338 e. The van der Waals surface area contributed by atoms with Crippen molar-refractivity contribution in [1.29, 1.82) is 0 Å². The van der Waals surface area contributed by atoms with Crippen molar-refractivity contribution < 1.29 is 0 Å². The molecule has 1 aliphatic rings. The molecule has 4 N–H and O–H groups in total. The van der Waals surface area contributed by atoms with E-state index in [0.717, 1.165) is 30.5 Å². The van der Waals surface area contributed by atoms with Gasteiger partial charge in [-0.25, -0.2) is 14.2 Å². The molecule has 136 valence electrons. The van der Waals surface area contributed by atoms with Crippen LogP contribution in [0.25, 0.3) is 5.78 Å². The molecule has 1 atom stereocenters. The molecular weight excluding hydrogens is 330 g/mol. The van der Waals surface area contributed by atoms with E-state index >= 15 is 0 Å². The van der Waals surface area contributed by atoms with Gasteiger partial charge in [-0.05, 0) is 24.0 Å². The first-order valence-corrected chi connectivity index (χ1v) is 8.88. The van der Waals surface area contributed by atoms with Crippen LogP contribution < -0.4 is 22.1 Å². The molecule has 8 nitrogen and oxygen atoms in total. The summed E-state index contributed by atoms with van der Waals surface area (Å²) in [5.74, 6) is 1.03. The van der Waals surface area contributed by atoms with Crippen LogP contribution >= 0.6 is 0 Å². The van der Waals surface area contributed by atoms with E-state index in [1.807, 2.05) is 24.3 Å². The molecule has 0 bridgehead atoms. The molecule has 1 saturated heterocycles. The summed E-state index contributed by atoms with van der Waals surface area (Å²) in [4.78, 5) is 24.0. The summed E-state index contributed by atoms with van der Waals surface area (Å²) in [5.41, 5.74) is 13.9. The number of fused-ring (bicyclic) bond motifs is 1. The first-order chi connectivity index (χ1) is 12.7. The summed E-state index contributed by atoms with van der Waals surface area (Å²) < 4.78 is 3.17. The molecule has 26 heavy (non-hydrogen) atoms. The number of benzene rings is 1. The fourth-order valence-corrected chi connectivity index (χ4v) is 3.55. The summed E-state index contributed by atoms with van der Waals surface area (Å²) in [6.45, 7) is 2.35. The van der Waals surface area contributed by atoms with Crippen molar-refractivity contribution in [3.05, 3.63) is 58.3 Å².